The molecule has 0 aliphatic carbocycles. The van der Waals surface area contributed by atoms with Gasteiger partial charge in [-0.1, -0.05) is 17.7 Å². The van der Waals surface area contributed by atoms with Crippen LogP contribution in [0.4, 0.5) is 18.9 Å². The van der Waals surface area contributed by atoms with Gasteiger partial charge in [-0.3, -0.25) is 9.59 Å². The first-order valence-electron chi connectivity index (χ1n) is 12.8. The molecule has 2 aromatic rings. The van der Waals surface area contributed by atoms with E-state index in [0.717, 1.165) is 16.5 Å². The number of unbranched alkanes of at least 4 members (excludes halogenated alkanes) is 1. The molecule has 0 saturated carbocycles. The molecule has 212 valence electrons. The summed E-state index contributed by atoms with van der Waals surface area (Å²) >= 11 is 0. The van der Waals surface area contributed by atoms with Crippen molar-refractivity contribution in [3.63, 3.8) is 0 Å². The van der Waals surface area contributed by atoms with Crippen molar-refractivity contribution >= 4 is 27.5 Å². The second-order valence-corrected chi connectivity index (χ2v) is 11.8. The number of piperazine rings is 1. The number of halogens is 3. The van der Waals surface area contributed by atoms with E-state index in [9.17, 15) is 31.2 Å². The number of amides is 2. The summed E-state index contributed by atoms with van der Waals surface area (Å²) < 4.78 is 67.5. The predicted octanol–water partition coefficient (Wildman–Crippen LogP) is 4.25. The molecule has 2 aromatic carbocycles. The second-order valence-electron chi connectivity index (χ2n) is 9.90. The van der Waals surface area contributed by atoms with Crippen LogP contribution in [0, 0.1) is 18.3 Å². The van der Waals surface area contributed by atoms with Gasteiger partial charge in [0.25, 0.3) is 11.8 Å². The number of hydrogen-bond donors (Lipinski definition) is 0. The van der Waals surface area contributed by atoms with Crippen molar-refractivity contribution in [1.82, 2.24) is 9.21 Å². The third-order valence-electron chi connectivity index (χ3n) is 7.27. The Bertz CT molecular complexity index is 1490. The van der Waals surface area contributed by atoms with Gasteiger partial charge in [0, 0.05) is 37.3 Å². The maximum atomic E-state index is 13.4. The summed E-state index contributed by atoms with van der Waals surface area (Å²) in [7, 11) is -3.55. The molecule has 12 heteroatoms. The molecule has 0 radical (unpaired) electrons. The molecular weight excluding hydrogens is 545 g/mol. The normalized spacial score (nSPS) is 17.6. The number of carbonyl (C=O) groups is 2. The second kappa shape index (κ2) is 11.5. The molecule has 0 atom stereocenters. The van der Waals surface area contributed by atoms with E-state index in [-0.39, 0.29) is 28.1 Å². The minimum Gasteiger partial charge on any atom is -0.301 e. The molecule has 0 spiro atoms. The number of hydrogen-bond acceptors (Lipinski definition) is 6. The van der Waals surface area contributed by atoms with Crippen molar-refractivity contribution in [2.45, 2.75) is 44.2 Å². The number of aryl methyl sites for hydroxylation is 1. The molecule has 0 N–H and O–H groups in total. The average molecular weight is 575 g/mol. The molecular formula is C28H29F3N4O4S. The number of sulfonamides is 1. The summed E-state index contributed by atoms with van der Waals surface area (Å²) in [5, 5.41) is 9.01. The Morgan fingerprint density at radius 2 is 1.57 bits per heavy atom. The number of nitrogens with zero attached hydrogens (tertiary/aromatic N) is 4. The maximum absolute atomic E-state index is 13.4. The van der Waals surface area contributed by atoms with Gasteiger partial charge in [-0.2, -0.15) is 22.7 Å². The van der Waals surface area contributed by atoms with Crippen LogP contribution >= 0.6 is 0 Å². The van der Waals surface area contributed by atoms with Crippen molar-refractivity contribution in [2.75, 3.05) is 37.6 Å². The zero-order valence-electron chi connectivity index (χ0n) is 22.2. The summed E-state index contributed by atoms with van der Waals surface area (Å²) in [5.74, 6) is -1.33. The molecule has 0 unspecified atom stereocenters. The largest absolute Gasteiger partial charge is 0.417 e. The van der Waals surface area contributed by atoms with E-state index < -0.39 is 39.1 Å². The summed E-state index contributed by atoms with van der Waals surface area (Å²) in [6, 6.07) is 11.0. The highest BCUT2D eigenvalue weighted by Crippen LogP contribution is 2.37. The molecule has 2 aliphatic rings. The first-order valence-corrected chi connectivity index (χ1v) is 14.3. The van der Waals surface area contributed by atoms with Gasteiger partial charge in [-0.25, -0.2) is 13.3 Å². The first kappa shape index (κ1) is 29.5. The Labute approximate surface area is 231 Å². The monoisotopic (exact) mass is 574 g/mol. The lowest BCUT2D eigenvalue weighted by Gasteiger charge is -2.34. The molecule has 1 saturated heterocycles. The highest BCUT2D eigenvalue weighted by atomic mass is 32.2. The van der Waals surface area contributed by atoms with Gasteiger partial charge in [0.15, 0.2) is 0 Å². The highest BCUT2D eigenvalue weighted by molar-refractivity contribution is 7.89. The number of benzene rings is 2. The standard InChI is InChI=1S/C28H29F3N4O4S/c1-19-6-10-23(11-7-19)40(38,39)34-15-13-33(14-16-34)12-4-3-5-24-20(2)26(36)35(27(24)37)22-9-8-21(18-32)25(17-22)28(29,30)31/h6-11,17H,3-5,12-16H2,1-2H3. The SMILES string of the molecule is CC1=C(CCCCN2CCN(S(=O)(=O)c3ccc(C)cc3)CC2)C(=O)N(c2ccc(C#N)c(C(F)(F)F)c2)C1=O. The van der Waals surface area contributed by atoms with Crippen molar-refractivity contribution in [1.29, 1.82) is 5.26 Å². The minimum absolute atomic E-state index is 0.192. The molecule has 8 nitrogen and oxygen atoms in total. The van der Waals surface area contributed by atoms with Crippen molar-refractivity contribution in [3.8, 4) is 6.07 Å². The summed E-state index contributed by atoms with van der Waals surface area (Å²) in [4.78, 5) is 29.0. The van der Waals surface area contributed by atoms with Crippen LogP contribution in [0.25, 0.3) is 0 Å². The Hall–Kier alpha value is -3.53. The van der Waals surface area contributed by atoms with Gasteiger partial charge in [0.2, 0.25) is 10.0 Å². The number of anilines is 1. The molecule has 2 heterocycles. The van der Waals surface area contributed by atoms with Crippen LogP contribution in [0.5, 0.6) is 0 Å². The van der Waals surface area contributed by atoms with Crippen molar-refractivity contribution in [3.05, 3.63) is 70.3 Å². The Morgan fingerprint density at radius 3 is 2.17 bits per heavy atom. The van der Waals surface area contributed by atoms with Gasteiger partial charge in [-0.05, 0) is 70.0 Å². The molecule has 4 rings (SSSR count). The Balaban J connectivity index is 1.30. The van der Waals surface area contributed by atoms with Crippen LogP contribution in [-0.4, -0.2) is 62.2 Å². The van der Waals surface area contributed by atoms with Gasteiger partial charge in [0.05, 0.1) is 27.8 Å². The van der Waals surface area contributed by atoms with Crippen LogP contribution in [0.15, 0.2) is 58.5 Å². The number of rotatable bonds is 8. The van der Waals surface area contributed by atoms with Gasteiger partial charge in [0.1, 0.15) is 0 Å². The first-order chi connectivity index (χ1) is 18.8. The Morgan fingerprint density at radius 1 is 0.925 bits per heavy atom. The third-order valence-corrected chi connectivity index (χ3v) is 9.18. The zero-order valence-corrected chi connectivity index (χ0v) is 23.0. The van der Waals surface area contributed by atoms with Gasteiger partial charge >= 0.3 is 6.18 Å². The van der Waals surface area contributed by atoms with Crippen LogP contribution in [0.3, 0.4) is 0 Å². The number of alkyl halides is 3. The van der Waals surface area contributed by atoms with Crippen LogP contribution in [0.2, 0.25) is 0 Å². The fourth-order valence-electron chi connectivity index (χ4n) is 4.91. The van der Waals surface area contributed by atoms with Crippen LogP contribution in [-0.2, 0) is 25.8 Å². The van der Waals surface area contributed by atoms with E-state index in [1.54, 1.807) is 24.3 Å². The highest BCUT2D eigenvalue weighted by Gasteiger charge is 2.39. The summed E-state index contributed by atoms with van der Waals surface area (Å²) in [6.07, 6.45) is -3.26. The summed E-state index contributed by atoms with van der Waals surface area (Å²) in [6.45, 7) is 5.93. The fraction of sp³-hybridized carbons (Fsp3) is 0.393. The summed E-state index contributed by atoms with van der Waals surface area (Å²) in [5.41, 5.74) is -0.584. The molecule has 0 bridgehead atoms. The van der Waals surface area contributed by atoms with Gasteiger partial charge in [-0.15, -0.1) is 0 Å². The van der Waals surface area contributed by atoms with E-state index in [2.05, 4.69) is 4.90 Å². The molecule has 2 aliphatic heterocycles. The van der Waals surface area contributed by atoms with E-state index in [1.807, 2.05) is 6.92 Å². The fourth-order valence-corrected chi connectivity index (χ4v) is 6.33. The van der Waals surface area contributed by atoms with Crippen molar-refractivity contribution < 1.29 is 31.2 Å². The zero-order chi connectivity index (χ0) is 29.2. The number of nitriles is 1. The van der Waals surface area contributed by atoms with Crippen LogP contribution < -0.4 is 4.90 Å². The van der Waals surface area contributed by atoms with Crippen molar-refractivity contribution in [2.24, 2.45) is 0 Å². The Kier molecular flexibility index (Phi) is 8.49. The minimum atomic E-state index is -4.81. The lowest BCUT2D eigenvalue weighted by atomic mass is 10.0. The van der Waals surface area contributed by atoms with Gasteiger partial charge < -0.3 is 4.90 Å². The lowest BCUT2D eigenvalue weighted by molar-refractivity contribution is -0.138. The quantitative estimate of drug-likeness (QED) is 0.345. The smallest absolute Gasteiger partial charge is 0.301 e. The van der Waals surface area contributed by atoms with E-state index in [4.69, 9.17) is 5.26 Å². The molecule has 40 heavy (non-hydrogen) atoms. The predicted molar refractivity (Wildman–Crippen MR) is 142 cm³/mol. The molecule has 1 fully saturated rings. The molecule has 2 amide bonds. The maximum Gasteiger partial charge on any atom is 0.417 e. The van der Waals surface area contributed by atoms with E-state index in [0.29, 0.717) is 51.6 Å². The van der Waals surface area contributed by atoms with E-state index >= 15 is 0 Å². The molecule has 0 aromatic heterocycles. The average Bonchev–Trinajstić information content (AvgIpc) is 3.13. The topological polar surface area (TPSA) is 102 Å². The number of carbonyl (C=O) groups excluding carboxylic acids is 2. The number of imide groups is 1. The third kappa shape index (κ3) is 5.96. The van der Waals surface area contributed by atoms with Crippen LogP contribution in [0.1, 0.15) is 42.9 Å². The lowest BCUT2D eigenvalue weighted by Crippen LogP contribution is -2.48. The van der Waals surface area contributed by atoms with E-state index in [1.165, 1.54) is 23.4 Å².